The summed E-state index contributed by atoms with van der Waals surface area (Å²) in [6.45, 7) is 3.42. The molecule has 32 heavy (non-hydrogen) atoms. The van der Waals surface area contributed by atoms with Crippen LogP contribution in [-0.2, 0) is 11.8 Å². The lowest BCUT2D eigenvalue weighted by Gasteiger charge is -2.37. The van der Waals surface area contributed by atoms with Gasteiger partial charge in [-0.3, -0.25) is 0 Å². The number of fused-ring (bicyclic) bond motifs is 1. The highest BCUT2D eigenvalue weighted by Gasteiger charge is 2.56. The SMILES string of the molecule is CC(C)(CC(O)(Cc1cc2nc(-c3ccccc3)ncc2[nH]1)C(F)(F)F)c1ccccc1. The minimum absolute atomic E-state index is 0.253. The smallest absolute Gasteiger partial charge is 0.380 e. The molecular formula is C25H24F3N3O. The molecule has 4 nitrogen and oxygen atoms in total. The van der Waals surface area contributed by atoms with Gasteiger partial charge < -0.3 is 10.1 Å². The lowest BCUT2D eigenvalue weighted by molar-refractivity contribution is -0.266. The zero-order valence-corrected chi connectivity index (χ0v) is 17.8. The Morgan fingerprint density at radius 1 is 0.938 bits per heavy atom. The third-order valence-corrected chi connectivity index (χ3v) is 5.76. The highest BCUT2D eigenvalue weighted by molar-refractivity contribution is 5.77. The predicted octanol–water partition coefficient (Wildman–Crippen LogP) is 5.83. The average molecular weight is 439 g/mol. The van der Waals surface area contributed by atoms with Crippen molar-refractivity contribution >= 4 is 11.0 Å². The van der Waals surface area contributed by atoms with Crippen LogP contribution >= 0.6 is 0 Å². The molecule has 0 aliphatic carbocycles. The second kappa shape index (κ2) is 8.06. The van der Waals surface area contributed by atoms with Gasteiger partial charge in [0.05, 0.1) is 17.2 Å². The van der Waals surface area contributed by atoms with E-state index in [9.17, 15) is 18.3 Å². The van der Waals surface area contributed by atoms with Gasteiger partial charge in [-0.2, -0.15) is 13.2 Å². The van der Waals surface area contributed by atoms with Crippen molar-refractivity contribution in [3.8, 4) is 11.4 Å². The monoisotopic (exact) mass is 439 g/mol. The standard InChI is InChI=1S/C25H24F3N3O/c1-23(2,18-11-7-4-8-12-18)16-24(32,25(26,27)28)14-19-13-20-21(30-19)15-29-22(31-20)17-9-5-3-6-10-17/h3-13,15,30,32H,14,16H2,1-2H3. The first-order valence-corrected chi connectivity index (χ1v) is 10.3. The van der Waals surface area contributed by atoms with E-state index in [0.717, 1.165) is 11.1 Å². The van der Waals surface area contributed by atoms with E-state index in [1.165, 1.54) is 0 Å². The van der Waals surface area contributed by atoms with Crippen LogP contribution in [-0.4, -0.2) is 31.8 Å². The number of rotatable bonds is 6. The summed E-state index contributed by atoms with van der Waals surface area (Å²) in [6.07, 6.45) is -4.35. The molecule has 0 saturated carbocycles. The maximum absolute atomic E-state index is 14.1. The number of aromatic nitrogens is 3. The first-order valence-electron chi connectivity index (χ1n) is 10.3. The van der Waals surface area contributed by atoms with Crippen LogP contribution in [0.25, 0.3) is 22.4 Å². The van der Waals surface area contributed by atoms with E-state index in [0.29, 0.717) is 16.9 Å². The van der Waals surface area contributed by atoms with Gasteiger partial charge in [-0.1, -0.05) is 74.5 Å². The number of benzene rings is 2. The molecule has 1 atom stereocenters. The van der Waals surface area contributed by atoms with Crippen LogP contribution in [0.4, 0.5) is 13.2 Å². The van der Waals surface area contributed by atoms with E-state index >= 15 is 0 Å². The van der Waals surface area contributed by atoms with Gasteiger partial charge in [0.2, 0.25) is 0 Å². The molecule has 0 radical (unpaired) electrons. The number of hydrogen-bond acceptors (Lipinski definition) is 3. The molecule has 2 N–H and O–H groups in total. The van der Waals surface area contributed by atoms with Gasteiger partial charge in [-0.15, -0.1) is 0 Å². The quantitative estimate of drug-likeness (QED) is 0.397. The van der Waals surface area contributed by atoms with E-state index in [1.54, 1.807) is 50.4 Å². The summed E-state index contributed by atoms with van der Waals surface area (Å²) in [5.41, 5.74) is -0.984. The fraction of sp³-hybridized carbons (Fsp3) is 0.280. The second-order valence-corrected chi connectivity index (χ2v) is 8.79. The summed E-state index contributed by atoms with van der Waals surface area (Å²) >= 11 is 0. The number of aromatic amines is 1. The normalized spacial score (nSPS) is 14.4. The van der Waals surface area contributed by atoms with E-state index in [1.807, 2.05) is 36.4 Å². The molecule has 0 amide bonds. The lowest BCUT2D eigenvalue weighted by atomic mass is 9.73. The van der Waals surface area contributed by atoms with Crippen LogP contribution < -0.4 is 0 Å². The van der Waals surface area contributed by atoms with Gasteiger partial charge in [-0.25, -0.2) is 9.97 Å². The van der Waals surface area contributed by atoms with E-state index < -0.39 is 30.0 Å². The third-order valence-electron chi connectivity index (χ3n) is 5.76. The number of nitrogens with zero attached hydrogens (tertiary/aromatic N) is 2. The van der Waals surface area contributed by atoms with E-state index in [-0.39, 0.29) is 5.69 Å². The molecule has 2 aromatic carbocycles. The summed E-state index contributed by atoms with van der Waals surface area (Å²) in [5, 5.41) is 10.9. The van der Waals surface area contributed by atoms with E-state index in [4.69, 9.17) is 0 Å². The van der Waals surface area contributed by atoms with Gasteiger partial charge in [0.25, 0.3) is 0 Å². The molecule has 1 unspecified atom stereocenters. The minimum atomic E-state index is -4.81. The van der Waals surface area contributed by atoms with Crippen LogP contribution in [0.3, 0.4) is 0 Å². The Morgan fingerprint density at radius 2 is 1.56 bits per heavy atom. The van der Waals surface area contributed by atoms with Crippen molar-refractivity contribution in [2.75, 3.05) is 0 Å². The Balaban J connectivity index is 1.65. The summed E-state index contributed by atoms with van der Waals surface area (Å²) in [4.78, 5) is 11.7. The number of H-pyrrole nitrogens is 1. The molecule has 2 aromatic heterocycles. The Bertz CT molecular complexity index is 1200. The third kappa shape index (κ3) is 4.39. The number of nitrogens with one attached hydrogen (secondary N) is 1. The molecular weight excluding hydrogens is 415 g/mol. The molecule has 0 spiro atoms. The van der Waals surface area contributed by atoms with Crippen LogP contribution in [0.2, 0.25) is 0 Å². The molecule has 0 saturated heterocycles. The Labute approximate surface area is 184 Å². The van der Waals surface area contributed by atoms with Crippen LogP contribution in [0.5, 0.6) is 0 Å². The van der Waals surface area contributed by atoms with Crippen LogP contribution in [0.15, 0.2) is 72.9 Å². The number of aliphatic hydroxyl groups is 1. The van der Waals surface area contributed by atoms with Crippen molar-refractivity contribution in [3.63, 3.8) is 0 Å². The molecule has 0 bridgehead atoms. The first kappa shape index (κ1) is 22.0. The van der Waals surface area contributed by atoms with Gasteiger partial charge in [-0.05, 0) is 23.5 Å². The summed E-state index contributed by atoms with van der Waals surface area (Å²) in [5.74, 6) is 0.486. The van der Waals surface area contributed by atoms with Crippen molar-refractivity contribution in [2.24, 2.45) is 0 Å². The summed E-state index contributed by atoms with van der Waals surface area (Å²) in [7, 11) is 0. The zero-order chi connectivity index (χ0) is 23.0. The summed E-state index contributed by atoms with van der Waals surface area (Å²) in [6, 6.07) is 19.8. The van der Waals surface area contributed by atoms with Crippen LogP contribution in [0, 0.1) is 0 Å². The molecule has 0 fully saturated rings. The largest absolute Gasteiger partial charge is 0.417 e. The lowest BCUT2D eigenvalue weighted by Crippen LogP contribution is -2.50. The Morgan fingerprint density at radius 3 is 2.19 bits per heavy atom. The minimum Gasteiger partial charge on any atom is -0.380 e. The average Bonchev–Trinajstić information content (AvgIpc) is 3.15. The first-order chi connectivity index (χ1) is 15.1. The Hall–Kier alpha value is -3.19. The van der Waals surface area contributed by atoms with Gasteiger partial charge >= 0.3 is 6.18 Å². The van der Waals surface area contributed by atoms with Crippen molar-refractivity contribution in [3.05, 3.63) is 84.2 Å². The van der Waals surface area contributed by atoms with E-state index in [2.05, 4.69) is 15.0 Å². The van der Waals surface area contributed by atoms with Crippen molar-refractivity contribution < 1.29 is 18.3 Å². The zero-order valence-electron chi connectivity index (χ0n) is 17.8. The highest BCUT2D eigenvalue weighted by Crippen LogP contribution is 2.43. The molecule has 7 heteroatoms. The number of hydrogen-bond donors (Lipinski definition) is 2. The fourth-order valence-corrected chi connectivity index (χ4v) is 4.10. The van der Waals surface area contributed by atoms with Crippen LogP contribution in [0.1, 0.15) is 31.5 Å². The molecule has 0 aliphatic heterocycles. The van der Waals surface area contributed by atoms with Crippen molar-refractivity contribution in [1.82, 2.24) is 15.0 Å². The van der Waals surface area contributed by atoms with Gasteiger partial charge in [0.15, 0.2) is 11.4 Å². The Kier molecular flexibility index (Phi) is 5.54. The van der Waals surface area contributed by atoms with Crippen molar-refractivity contribution in [1.29, 1.82) is 0 Å². The molecule has 4 aromatic rings. The topological polar surface area (TPSA) is 61.8 Å². The van der Waals surface area contributed by atoms with Gasteiger partial charge in [0, 0.05) is 17.7 Å². The highest BCUT2D eigenvalue weighted by atomic mass is 19.4. The molecule has 2 heterocycles. The molecule has 166 valence electrons. The number of halogens is 3. The van der Waals surface area contributed by atoms with Crippen molar-refractivity contribution in [2.45, 2.75) is 43.9 Å². The molecule has 0 aliphatic rings. The maximum atomic E-state index is 14.1. The van der Waals surface area contributed by atoms with Gasteiger partial charge in [0.1, 0.15) is 0 Å². The molecule has 4 rings (SSSR count). The second-order valence-electron chi connectivity index (χ2n) is 8.79. The fourth-order valence-electron chi connectivity index (χ4n) is 4.10. The predicted molar refractivity (Wildman–Crippen MR) is 118 cm³/mol. The summed E-state index contributed by atoms with van der Waals surface area (Å²) < 4.78 is 42.3. The maximum Gasteiger partial charge on any atom is 0.417 e. The number of alkyl halides is 3.